The first-order valence-electron chi connectivity index (χ1n) is 9.13. The second kappa shape index (κ2) is 6.90. The van der Waals surface area contributed by atoms with Crippen LogP contribution in [-0.2, 0) is 6.54 Å². The van der Waals surface area contributed by atoms with Crippen molar-refractivity contribution in [2.45, 2.75) is 12.7 Å². The molecule has 2 aliphatic heterocycles. The molecule has 0 aliphatic carbocycles. The Morgan fingerprint density at radius 2 is 1.90 bits per heavy atom. The third kappa shape index (κ3) is 3.11. The van der Waals surface area contributed by atoms with E-state index >= 15 is 0 Å². The summed E-state index contributed by atoms with van der Waals surface area (Å²) in [4.78, 5) is 15.0. The molecule has 0 aromatic heterocycles. The number of benzene rings is 3. The number of anilines is 1. The number of carbonyl (C=O) groups is 1. The number of phenolic OH excluding ortho intramolecular Hbond substituents is 1. The van der Waals surface area contributed by atoms with Crippen LogP contribution in [-0.4, -0.2) is 22.7 Å². The first-order chi connectivity index (χ1) is 14.1. The van der Waals surface area contributed by atoms with Crippen molar-refractivity contribution in [3.8, 4) is 17.2 Å². The lowest BCUT2D eigenvalue weighted by Crippen LogP contribution is -2.42. The zero-order chi connectivity index (χ0) is 20.0. The number of nitrogens with zero attached hydrogens (tertiary/aromatic N) is 1. The highest BCUT2D eigenvalue weighted by atomic mass is 35.5. The fourth-order valence-corrected chi connectivity index (χ4v) is 3.86. The molecule has 1 atom stereocenters. The zero-order valence-electron chi connectivity index (χ0n) is 15.3. The summed E-state index contributed by atoms with van der Waals surface area (Å²) in [5.41, 5.74) is 2.70. The topological polar surface area (TPSA) is 71.0 Å². The van der Waals surface area contributed by atoms with Crippen molar-refractivity contribution < 1.29 is 19.4 Å². The molecule has 0 bridgehead atoms. The number of carbonyl (C=O) groups excluding carboxylic acids is 1. The summed E-state index contributed by atoms with van der Waals surface area (Å²) in [6.45, 7) is 0.503. The summed E-state index contributed by atoms with van der Waals surface area (Å²) >= 11 is 6.17. The Labute approximate surface area is 172 Å². The average Bonchev–Trinajstić information content (AvgIpc) is 3.20. The molecule has 0 fully saturated rings. The zero-order valence-corrected chi connectivity index (χ0v) is 16.0. The van der Waals surface area contributed by atoms with Crippen molar-refractivity contribution in [3.05, 3.63) is 82.4 Å². The summed E-state index contributed by atoms with van der Waals surface area (Å²) in [6.07, 6.45) is -0.582. The van der Waals surface area contributed by atoms with Gasteiger partial charge in [0.1, 0.15) is 11.9 Å². The lowest BCUT2D eigenvalue weighted by molar-refractivity contribution is 0.0664. The van der Waals surface area contributed by atoms with Crippen LogP contribution >= 0.6 is 11.6 Å². The molecule has 0 saturated heterocycles. The Morgan fingerprint density at radius 1 is 1.07 bits per heavy atom. The third-order valence-electron chi connectivity index (χ3n) is 5.10. The van der Waals surface area contributed by atoms with Gasteiger partial charge in [0, 0.05) is 22.8 Å². The fraction of sp³-hybridized carbons (Fsp3) is 0.136. The third-order valence-corrected chi connectivity index (χ3v) is 5.33. The first kappa shape index (κ1) is 17.7. The Balaban J connectivity index is 1.57. The Hall–Kier alpha value is -3.38. The number of halogens is 1. The van der Waals surface area contributed by atoms with Crippen molar-refractivity contribution in [2.75, 3.05) is 12.1 Å². The first-order valence-corrected chi connectivity index (χ1v) is 9.51. The maximum absolute atomic E-state index is 13.4. The predicted molar refractivity (Wildman–Crippen MR) is 108 cm³/mol. The van der Waals surface area contributed by atoms with Crippen LogP contribution in [0.25, 0.3) is 0 Å². The van der Waals surface area contributed by atoms with E-state index in [1.54, 1.807) is 23.1 Å². The summed E-state index contributed by atoms with van der Waals surface area (Å²) < 4.78 is 10.8. The molecular weight excluding hydrogens is 392 g/mol. The number of rotatable bonds is 3. The van der Waals surface area contributed by atoms with Crippen molar-refractivity contribution in [3.63, 3.8) is 0 Å². The molecule has 1 amide bonds. The Bertz CT molecular complexity index is 1120. The van der Waals surface area contributed by atoms with Crippen LogP contribution in [0, 0.1) is 0 Å². The summed E-state index contributed by atoms with van der Waals surface area (Å²) in [5.74, 6) is 1.27. The molecule has 2 N–H and O–H groups in total. The van der Waals surface area contributed by atoms with Crippen molar-refractivity contribution >= 4 is 23.2 Å². The van der Waals surface area contributed by atoms with Gasteiger partial charge in [0.2, 0.25) is 6.79 Å². The van der Waals surface area contributed by atoms with Crippen molar-refractivity contribution in [1.29, 1.82) is 0 Å². The summed E-state index contributed by atoms with van der Waals surface area (Å²) in [6, 6.07) is 17.7. The summed E-state index contributed by atoms with van der Waals surface area (Å²) in [5, 5.41) is 14.3. The van der Waals surface area contributed by atoms with Crippen LogP contribution in [0.1, 0.15) is 27.7 Å². The number of hydrogen-bond donors (Lipinski definition) is 2. The van der Waals surface area contributed by atoms with E-state index in [-0.39, 0.29) is 18.4 Å². The van der Waals surface area contributed by atoms with E-state index in [0.29, 0.717) is 39.9 Å². The number of amides is 1. The van der Waals surface area contributed by atoms with Gasteiger partial charge in [-0.1, -0.05) is 29.8 Å². The molecule has 0 radical (unpaired) electrons. The molecule has 0 unspecified atom stereocenters. The van der Waals surface area contributed by atoms with E-state index in [2.05, 4.69) is 5.32 Å². The van der Waals surface area contributed by atoms with Crippen LogP contribution in [0.15, 0.2) is 60.7 Å². The number of aromatic hydroxyl groups is 1. The van der Waals surface area contributed by atoms with Crippen molar-refractivity contribution in [2.24, 2.45) is 0 Å². The molecule has 6 nitrogen and oxygen atoms in total. The van der Waals surface area contributed by atoms with E-state index in [0.717, 1.165) is 5.56 Å². The minimum Gasteiger partial charge on any atom is -0.508 e. The van der Waals surface area contributed by atoms with Gasteiger partial charge in [0.25, 0.3) is 5.91 Å². The molecular formula is C22H17ClN2O4. The minimum absolute atomic E-state index is 0.0646. The van der Waals surface area contributed by atoms with E-state index in [9.17, 15) is 9.90 Å². The molecule has 5 rings (SSSR count). The van der Waals surface area contributed by atoms with Gasteiger partial charge in [-0.3, -0.25) is 4.79 Å². The van der Waals surface area contributed by atoms with Gasteiger partial charge in [-0.2, -0.15) is 0 Å². The molecule has 0 spiro atoms. The smallest absolute Gasteiger partial charge is 0.258 e. The van der Waals surface area contributed by atoms with Gasteiger partial charge in [0.05, 0.1) is 5.56 Å². The van der Waals surface area contributed by atoms with Gasteiger partial charge in [-0.25, -0.2) is 0 Å². The molecule has 7 heteroatoms. The fourth-order valence-electron chi connectivity index (χ4n) is 3.68. The highest BCUT2D eigenvalue weighted by molar-refractivity contribution is 6.30. The molecule has 3 aromatic carbocycles. The van der Waals surface area contributed by atoms with Crippen LogP contribution in [0.3, 0.4) is 0 Å². The average molecular weight is 409 g/mol. The second-order valence-corrected chi connectivity index (χ2v) is 7.35. The minimum atomic E-state index is -0.582. The van der Waals surface area contributed by atoms with Gasteiger partial charge >= 0.3 is 0 Å². The van der Waals surface area contributed by atoms with Crippen LogP contribution in [0.2, 0.25) is 5.02 Å². The molecule has 29 heavy (non-hydrogen) atoms. The van der Waals surface area contributed by atoms with Gasteiger partial charge in [-0.15, -0.1) is 0 Å². The lowest BCUT2D eigenvalue weighted by Gasteiger charge is -2.38. The normalized spacial score (nSPS) is 17.1. The number of hydrogen-bond acceptors (Lipinski definition) is 5. The SMILES string of the molecule is O=C1c2ccccc2N[C@H](c2cc(Cl)ccc2O)N1Cc1ccc2c(c1)OCO2. The van der Waals surface area contributed by atoms with Crippen molar-refractivity contribution in [1.82, 2.24) is 4.90 Å². The summed E-state index contributed by atoms with van der Waals surface area (Å²) in [7, 11) is 0. The number of ether oxygens (including phenoxy) is 2. The van der Waals surface area contributed by atoms with Gasteiger partial charge < -0.3 is 24.8 Å². The molecule has 2 aliphatic rings. The molecule has 0 saturated carbocycles. The predicted octanol–water partition coefficient (Wildman–Crippen LogP) is 4.54. The van der Waals surface area contributed by atoms with E-state index < -0.39 is 6.17 Å². The Kier molecular flexibility index (Phi) is 4.21. The number of nitrogens with one attached hydrogen (secondary N) is 1. The highest BCUT2D eigenvalue weighted by Crippen LogP contribution is 2.39. The lowest BCUT2D eigenvalue weighted by atomic mass is 10.0. The molecule has 3 aromatic rings. The monoisotopic (exact) mass is 408 g/mol. The van der Waals surface area contributed by atoms with Crippen LogP contribution in [0.4, 0.5) is 5.69 Å². The number of para-hydroxylation sites is 1. The largest absolute Gasteiger partial charge is 0.508 e. The highest BCUT2D eigenvalue weighted by Gasteiger charge is 2.34. The maximum Gasteiger partial charge on any atom is 0.258 e. The van der Waals surface area contributed by atoms with E-state index in [4.69, 9.17) is 21.1 Å². The van der Waals surface area contributed by atoms with Crippen LogP contribution in [0.5, 0.6) is 17.2 Å². The Morgan fingerprint density at radius 3 is 2.79 bits per heavy atom. The number of phenols is 1. The quantitative estimate of drug-likeness (QED) is 0.665. The van der Waals surface area contributed by atoms with Gasteiger partial charge in [-0.05, 0) is 48.0 Å². The molecule has 2 heterocycles. The number of fused-ring (bicyclic) bond motifs is 2. The van der Waals surface area contributed by atoms with E-state index in [1.807, 2.05) is 36.4 Å². The standard InChI is InChI=1S/C22H17ClN2O4/c23-14-6-7-18(26)16(10-14)21-24-17-4-2-1-3-15(17)22(27)25(21)11-13-5-8-19-20(9-13)29-12-28-19/h1-10,21,24,26H,11-12H2/t21-/m0/s1. The van der Waals surface area contributed by atoms with Crippen LogP contribution < -0.4 is 14.8 Å². The molecule has 146 valence electrons. The second-order valence-electron chi connectivity index (χ2n) is 6.92. The maximum atomic E-state index is 13.4. The van der Waals surface area contributed by atoms with E-state index in [1.165, 1.54) is 6.07 Å². The van der Waals surface area contributed by atoms with Gasteiger partial charge in [0.15, 0.2) is 11.5 Å².